The molecule has 8 nitrogen and oxygen atoms in total. The molecule has 0 bridgehead atoms. The van der Waals surface area contributed by atoms with Gasteiger partial charge in [0.2, 0.25) is 5.91 Å². The van der Waals surface area contributed by atoms with Crippen LogP contribution in [0.3, 0.4) is 0 Å². The van der Waals surface area contributed by atoms with Crippen LogP contribution < -0.4 is 0 Å². The van der Waals surface area contributed by atoms with E-state index < -0.39 is 24.3 Å². The molecule has 2 aliphatic rings. The second-order valence-electron chi connectivity index (χ2n) is 9.07. The molecular formula is C21H35F6N3O5. The van der Waals surface area contributed by atoms with Crippen molar-refractivity contribution in [2.75, 3.05) is 46.8 Å². The van der Waals surface area contributed by atoms with Crippen LogP contribution in [-0.2, 0) is 14.4 Å². The molecule has 0 atom stereocenters. The molecule has 2 fully saturated rings. The largest absolute Gasteiger partial charge is 0.490 e. The van der Waals surface area contributed by atoms with Crippen molar-refractivity contribution in [2.24, 2.45) is 11.8 Å². The van der Waals surface area contributed by atoms with Gasteiger partial charge in [0, 0.05) is 32.6 Å². The van der Waals surface area contributed by atoms with Crippen molar-refractivity contribution in [1.29, 1.82) is 0 Å². The lowest BCUT2D eigenvalue weighted by atomic mass is 9.92. The number of rotatable bonds is 4. The minimum atomic E-state index is -5.08. The Hall–Kier alpha value is -2.09. The van der Waals surface area contributed by atoms with E-state index in [-0.39, 0.29) is 5.92 Å². The van der Waals surface area contributed by atoms with Crippen LogP contribution in [0, 0.1) is 11.8 Å². The van der Waals surface area contributed by atoms with E-state index in [0.717, 1.165) is 37.9 Å². The SMILES string of the molecule is CC(C)CN1CCC(N2CCC(C(=O)N(C)C)CC2)CC1.O=C(O)C(F)(F)F.O=C(O)C(F)(F)F. The molecule has 0 aromatic rings. The first-order valence-electron chi connectivity index (χ1n) is 11.1. The van der Waals surface area contributed by atoms with Gasteiger partial charge in [0.05, 0.1) is 0 Å². The topological polar surface area (TPSA) is 101 Å². The molecule has 14 heteroatoms. The average Bonchev–Trinajstić information content (AvgIpc) is 2.73. The molecule has 35 heavy (non-hydrogen) atoms. The number of carboxylic acid groups (broad SMARTS) is 2. The van der Waals surface area contributed by atoms with Crippen LogP contribution >= 0.6 is 0 Å². The van der Waals surface area contributed by atoms with E-state index in [1.807, 2.05) is 14.1 Å². The number of hydrogen-bond acceptors (Lipinski definition) is 5. The average molecular weight is 524 g/mol. The van der Waals surface area contributed by atoms with E-state index in [9.17, 15) is 31.1 Å². The number of nitrogens with zero attached hydrogens (tertiary/aromatic N) is 3. The highest BCUT2D eigenvalue weighted by Gasteiger charge is 2.39. The number of alkyl halides is 6. The summed E-state index contributed by atoms with van der Waals surface area (Å²) in [5.74, 6) is -4.16. The van der Waals surface area contributed by atoms with E-state index >= 15 is 0 Å². The predicted molar refractivity (Wildman–Crippen MR) is 115 cm³/mol. The van der Waals surface area contributed by atoms with Crippen LogP contribution in [0.25, 0.3) is 0 Å². The lowest BCUT2D eigenvalue weighted by Crippen LogP contribution is -2.49. The Kier molecular flexibility index (Phi) is 13.6. The molecule has 0 radical (unpaired) electrons. The highest BCUT2D eigenvalue weighted by Crippen LogP contribution is 2.25. The summed E-state index contributed by atoms with van der Waals surface area (Å²) in [7, 11) is 3.75. The first-order valence-corrected chi connectivity index (χ1v) is 11.1. The molecule has 2 heterocycles. The summed E-state index contributed by atoms with van der Waals surface area (Å²) < 4.78 is 63.5. The third kappa shape index (κ3) is 13.5. The van der Waals surface area contributed by atoms with Crippen LogP contribution in [0.15, 0.2) is 0 Å². The van der Waals surface area contributed by atoms with Gasteiger partial charge in [0.25, 0.3) is 0 Å². The molecule has 2 saturated heterocycles. The second-order valence-corrected chi connectivity index (χ2v) is 9.07. The summed E-state index contributed by atoms with van der Waals surface area (Å²) in [5, 5.41) is 14.2. The zero-order valence-electron chi connectivity index (χ0n) is 20.3. The number of hydrogen-bond donors (Lipinski definition) is 2. The van der Waals surface area contributed by atoms with E-state index in [4.69, 9.17) is 19.8 Å². The zero-order valence-corrected chi connectivity index (χ0v) is 20.3. The van der Waals surface area contributed by atoms with Crippen molar-refractivity contribution in [3.8, 4) is 0 Å². The summed E-state index contributed by atoms with van der Waals surface area (Å²) in [5.41, 5.74) is 0. The van der Waals surface area contributed by atoms with Gasteiger partial charge in [-0.2, -0.15) is 26.3 Å². The summed E-state index contributed by atoms with van der Waals surface area (Å²) in [6.45, 7) is 10.6. The van der Waals surface area contributed by atoms with E-state index in [1.54, 1.807) is 4.90 Å². The first-order chi connectivity index (χ1) is 15.9. The third-order valence-corrected chi connectivity index (χ3v) is 5.50. The molecule has 206 valence electrons. The summed E-state index contributed by atoms with van der Waals surface area (Å²) in [6, 6.07) is 0.754. The van der Waals surface area contributed by atoms with Gasteiger partial charge in [0.15, 0.2) is 0 Å². The molecule has 0 aromatic heterocycles. The van der Waals surface area contributed by atoms with Crippen molar-refractivity contribution in [3.05, 3.63) is 0 Å². The van der Waals surface area contributed by atoms with E-state index in [2.05, 4.69) is 23.6 Å². The summed E-state index contributed by atoms with van der Waals surface area (Å²) in [6.07, 6.45) is -5.47. The fourth-order valence-electron chi connectivity index (χ4n) is 3.86. The Morgan fingerprint density at radius 2 is 1.20 bits per heavy atom. The molecule has 0 saturated carbocycles. The molecule has 2 aliphatic heterocycles. The number of carbonyl (C=O) groups excluding carboxylic acids is 1. The van der Waals surface area contributed by atoms with Crippen molar-refractivity contribution < 1.29 is 50.9 Å². The Labute approximate surface area is 200 Å². The maximum absolute atomic E-state index is 12.0. The van der Waals surface area contributed by atoms with Gasteiger partial charge in [-0.05, 0) is 57.8 Å². The first kappa shape index (κ1) is 32.9. The fraction of sp³-hybridized carbons (Fsp3) is 0.857. The van der Waals surface area contributed by atoms with Crippen LogP contribution in [0.2, 0.25) is 0 Å². The Bertz CT molecular complexity index is 645. The van der Waals surface area contributed by atoms with E-state index in [0.29, 0.717) is 5.91 Å². The van der Waals surface area contributed by atoms with Gasteiger partial charge in [-0.1, -0.05) is 13.8 Å². The monoisotopic (exact) mass is 523 g/mol. The second kappa shape index (κ2) is 14.5. The van der Waals surface area contributed by atoms with Crippen LogP contribution in [0.1, 0.15) is 39.5 Å². The van der Waals surface area contributed by atoms with Crippen molar-refractivity contribution >= 4 is 17.8 Å². The molecule has 2 rings (SSSR count). The minimum Gasteiger partial charge on any atom is -0.475 e. The lowest BCUT2D eigenvalue weighted by Gasteiger charge is -2.42. The summed E-state index contributed by atoms with van der Waals surface area (Å²) >= 11 is 0. The van der Waals surface area contributed by atoms with Crippen LogP contribution in [0.5, 0.6) is 0 Å². The quantitative estimate of drug-likeness (QED) is 0.546. The Morgan fingerprint density at radius 3 is 1.49 bits per heavy atom. The Morgan fingerprint density at radius 1 is 0.829 bits per heavy atom. The standard InChI is InChI=1S/C17H33N3O.2C2HF3O2/c1-14(2)13-19-9-7-16(8-10-19)20-11-5-15(6-12-20)17(21)18(3)4;2*3-2(4,5)1(6)7/h14-16H,5-13H2,1-4H3;2*(H,6,7). The van der Waals surface area contributed by atoms with Gasteiger partial charge in [-0.3, -0.25) is 4.79 Å². The van der Waals surface area contributed by atoms with Crippen molar-refractivity contribution in [1.82, 2.24) is 14.7 Å². The van der Waals surface area contributed by atoms with Gasteiger partial charge in [0.1, 0.15) is 0 Å². The van der Waals surface area contributed by atoms with Crippen LogP contribution in [-0.4, -0.2) is 108 Å². The smallest absolute Gasteiger partial charge is 0.475 e. The number of amides is 1. The highest BCUT2D eigenvalue weighted by atomic mass is 19.4. The Balaban J connectivity index is 0.000000680. The number of halogens is 6. The van der Waals surface area contributed by atoms with Crippen molar-refractivity contribution in [2.45, 2.75) is 57.9 Å². The molecule has 2 N–H and O–H groups in total. The van der Waals surface area contributed by atoms with Gasteiger partial charge < -0.3 is 24.9 Å². The number of carboxylic acids is 2. The number of piperidine rings is 2. The number of likely N-dealkylation sites (tertiary alicyclic amines) is 2. The predicted octanol–water partition coefficient (Wildman–Crippen LogP) is 3.17. The minimum absolute atomic E-state index is 0.261. The van der Waals surface area contributed by atoms with Crippen LogP contribution in [0.4, 0.5) is 26.3 Å². The molecular weight excluding hydrogens is 488 g/mol. The maximum Gasteiger partial charge on any atom is 0.490 e. The van der Waals surface area contributed by atoms with Gasteiger partial charge in [-0.25, -0.2) is 9.59 Å². The van der Waals surface area contributed by atoms with Gasteiger partial charge >= 0.3 is 24.3 Å². The lowest BCUT2D eigenvalue weighted by molar-refractivity contribution is -0.193. The fourth-order valence-corrected chi connectivity index (χ4v) is 3.86. The van der Waals surface area contributed by atoms with Gasteiger partial charge in [-0.15, -0.1) is 0 Å². The van der Waals surface area contributed by atoms with Crippen molar-refractivity contribution in [3.63, 3.8) is 0 Å². The number of aliphatic carboxylic acids is 2. The highest BCUT2D eigenvalue weighted by molar-refractivity contribution is 5.78. The summed E-state index contributed by atoms with van der Waals surface area (Å²) in [4.78, 5) is 36.8. The molecule has 0 spiro atoms. The molecule has 1 amide bonds. The van der Waals surface area contributed by atoms with E-state index in [1.165, 1.54) is 32.5 Å². The normalized spacial score (nSPS) is 18.7. The molecule has 0 aromatic carbocycles. The maximum atomic E-state index is 12.0. The zero-order chi connectivity index (χ0) is 27.6. The molecule has 0 aliphatic carbocycles. The molecule has 0 unspecified atom stereocenters. The number of carbonyl (C=O) groups is 3. The third-order valence-electron chi connectivity index (χ3n) is 5.50.